The highest BCUT2D eigenvalue weighted by molar-refractivity contribution is 5.48. The molecule has 0 bridgehead atoms. The van der Waals surface area contributed by atoms with Crippen molar-refractivity contribution in [2.45, 2.75) is 103 Å². The summed E-state index contributed by atoms with van der Waals surface area (Å²) >= 11 is 0. The molecule has 186 valence electrons. The Kier molecular flexibility index (Phi) is 7.56. The lowest BCUT2D eigenvalue weighted by Gasteiger charge is -2.39. The predicted molar refractivity (Wildman–Crippen MR) is 145 cm³/mol. The van der Waals surface area contributed by atoms with E-state index in [0.29, 0.717) is 0 Å². The van der Waals surface area contributed by atoms with Crippen molar-refractivity contribution >= 4 is 0 Å². The summed E-state index contributed by atoms with van der Waals surface area (Å²) in [5, 5.41) is 21.9. The molecular weight excluding hydrogens is 416 g/mol. The molecule has 0 radical (unpaired) electrons. The summed E-state index contributed by atoms with van der Waals surface area (Å²) < 4.78 is 0. The Hall–Kier alpha value is -1.90. The molecule has 4 unspecified atom stereocenters. The molecule has 0 aliphatic heterocycles. The van der Waals surface area contributed by atoms with E-state index in [1.165, 1.54) is 22.3 Å². The zero-order valence-corrected chi connectivity index (χ0v) is 22.7. The zero-order chi connectivity index (χ0) is 25.4. The lowest BCUT2D eigenvalue weighted by molar-refractivity contribution is 0.0396. The lowest BCUT2D eigenvalue weighted by atomic mass is 9.68. The van der Waals surface area contributed by atoms with Crippen molar-refractivity contribution < 1.29 is 10.2 Å². The van der Waals surface area contributed by atoms with Crippen LogP contribution in [0.1, 0.15) is 92.2 Å². The molecule has 1 aromatic rings. The minimum atomic E-state index is -0.732. The van der Waals surface area contributed by atoms with Gasteiger partial charge in [0.2, 0.25) is 0 Å². The number of aliphatic hydroxyl groups is 2. The first-order valence-corrected chi connectivity index (χ1v) is 13.3. The van der Waals surface area contributed by atoms with Crippen LogP contribution < -0.4 is 0 Å². The normalized spacial score (nSPS) is 29.7. The average molecular weight is 463 g/mol. The van der Waals surface area contributed by atoms with Crippen LogP contribution in [0.5, 0.6) is 0 Å². The van der Waals surface area contributed by atoms with Crippen molar-refractivity contribution in [3.05, 3.63) is 83.0 Å². The Labute approximate surface area is 208 Å². The Morgan fingerprint density at radius 3 is 1.24 bits per heavy atom. The lowest BCUT2D eigenvalue weighted by Crippen LogP contribution is -2.37. The maximum Gasteiger partial charge on any atom is 0.0890 e. The largest absolute Gasteiger partial charge is 0.385 e. The molecule has 0 saturated carbocycles. The molecule has 2 nitrogen and oxygen atoms in total. The molecule has 0 spiro atoms. The Morgan fingerprint density at radius 2 is 0.971 bits per heavy atom. The first-order chi connectivity index (χ1) is 15.9. The van der Waals surface area contributed by atoms with Gasteiger partial charge < -0.3 is 10.2 Å². The number of hydrogen-bond acceptors (Lipinski definition) is 2. The van der Waals surface area contributed by atoms with Crippen molar-refractivity contribution in [3.63, 3.8) is 0 Å². The molecule has 0 amide bonds. The van der Waals surface area contributed by atoms with Gasteiger partial charge in [0.1, 0.15) is 0 Å². The molecule has 0 aromatic heterocycles. The molecule has 2 aliphatic carbocycles. The van der Waals surface area contributed by atoms with Crippen molar-refractivity contribution in [1.29, 1.82) is 0 Å². The molecule has 1 aromatic carbocycles. The molecule has 3 rings (SSSR count). The SMILES string of the molecule is CCC1C=C(C(C)(C)c2ccc(C(C)(C)C3=CC(CC)C(O)(CC)C=C3)cc2)C=CC1(O)CC. The molecule has 2 aliphatic rings. The second-order valence-corrected chi connectivity index (χ2v) is 11.5. The van der Waals surface area contributed by atoms with E-state index in [4.69, 9.17) is 0 Å². The Morgan fingerprint density at radius 1 is 0.647 bits per heavy atom. The maximum atomic E-state index is 11.0. The molecule has 0 heterocycles. The van der Waals surface area contributed by atoms with Crippen LogP contribution >= 0.6 is 0 Å². The summed E-state index contributed by atoms with van der Waals surface area (Å²) in [6.45, 7) is 17.5. The zero-order valence-electron chi connectivity index (χ0n) is 22.7. The fourth-order valence-corrected chi connectivity index (χ4v) is 5.72. The minimum Gasteiger partial charge on any atom is -0.385 e. The van der Waals surface area contributed by atoms with E-state index >= 15 is 0 Å². The summed E-state index contributed by atoms with van der Waals surface area (Å²) in [6.07, 6.45) is 16.2. The highest BCUT2D eigenvalue weighted by Gasteiger charge is 2.37. The van der Waals surface area contributed by atoms with Crippen LogP contribution in [0, 0.1) is 11.8 Å². The summed E-state index contributed by atoms with van der Waals surface area (Å²) in [7, 11) is 0. The van der Waals surface area contributed by atoms with Gasteiger partial charge in [-0.15, -0.1) is 0 Å². The van der Waals surface area contributed by atoms with Gasteiger partial charge in [-0.25, -0.2) is 0 Å². The van der Waals surface area contributed by atoms with Crippen LogP contribution in [0.4, 0.5) is 0 Å². The van der Waals surface area contributed by atoms with Crippen molar-refractivity contribution in [2.75, 3.05) is 0 Å². The third-order valence-corrected chi connectivity index (χ3v) is 8.93. The summed E-state index contributed by atoms with van der Waals surface area (Å²) in [6, 6.07) is 9.06. The van der Waals surface area contributed by atoms with Gasteiger partial charge in [-0.2, -0.15) is 0 Å². The second kappa shape index (κ2) is 9.63. The van der Waals surface area contributed by atoms with E-state index in [2.05, 4.69) is 104 Å². The van der Waals surface area contributed by atoms with Crippen LogP contribution in [0.2, 0.25) is 0 Å². The minimum absolute atomic E-state index is 0.142. The number of rotatable bonds is 8. The first-order valence-electron chi connectivity index (χ1n) is 13.3. The standard InChI is InChI=1S/C32H46O2/c1-9-23-21-27(17-19-31(23,33)11-3)29(5,6)25-13-15-26(16-14-25)30(7,8)28-18-20-32(34,12-4)24(10-2)22-28/h13-24,33-34H,9-12H2,1-8H3. The van der Waals surface area contributed by atoms with Crippen molar-refractivity contribution in [3.8, 4) is 0 Å². The average Bonchev–Trinajstić information content (AvgIpc) is 2.84. The van der Waals surface area contributed by atoms with Gasteiger partial charge in [-0.1, -0.05) is 116 Å². The van der Waals surface area contributed by atoms with Crippen LogP contribution in [0.25, 0.3) is 0 Å². The van der Waals surface area contributed by atoms with Crippen LogP contribution in [0.15, 0.2) is 71.9 Å². The topological polar surface area (TPSA) is 40.5 Å². The second-order valence-electron chi connectivity index (χ2n) is 11.5. The molecular formula is C32H46O2. The van der Waals surface area contributed by atoms with Gasteiger partial charge in [0.05, 0.1) is 11.2 Å². The van der Waals surface area contributed by atoms with Crippen LogP contribution in [0.3, 0.4) is 0 Å². The van der Waals surface area contributed by atoms with Gasteiger partial charge in [-0.05, 0) is 48.0 Å². The van der Waals surface area contributed by atoms with Gasteiger partial charge in [0.25, 0.3) is 0 Å². The predicted octanol–water partition coefficient (Wildman–Crippen LogP) is 7.57. The molecule has 4 atom stereocenters. The summed E-state index contributed by atoms with van der Waals surface area (Å²) in [4.78, 5) is 0. The highest BCUT2D eigenvalue weighted by atomic mass is 16.3. The smallest absolute Gasteiger partial charge is 0.0890 e. The van der Waals surface area contributed by atoms with Crippen molar-refractivity contribution in [1.82, 2.24) is 0 Å². The fourth-order valence-electron chi connectivity index (χ4n) is 5.72. The van der Waals surface area contributed by atoms with E-state index in [0.717, 1.165) is 25.7 Å². The van der Waals surface area contributed by atoms with Gasteiger partial charge in [0.15, 0.2) is 0 Å². The third-order valence-electron chi connectivity index (χ3n) is 8.93. The molecule has 34 heavy (non-hydrogen) atoms. The van der Waals surface area contributed by atoms with Gasteiger partial charge >= 0.3 is 0 Å². The number of benzene rings is 1. The van der Waals surface area contributed by atoms with Gasteiger partial charge in [-0.3, -0.25) is 0 Å². The molecule has 0 fully saturated rings. The summed E-state index contributed by atoms with van der Waals surface area (Å²) in [5.41, 5.74) is 3.35. The third kappa shape index (κ3) is 4.64. The fraction of sp³-hybridized carbons (Fsp3) is 0.562. The van der Waals surface area contributed by atoms with E-state index in [-0.39, 0.29) is 22.7 Å². The first kappa shape index (κ1) is 26.7. The quantitative estimate of drug-likeness (QED) is 0.418. The van der Waals surface area contributed by atoms with E-state index < -0.39 is 11.2 Å². The molecule has 2 heteroatoms. The highest BCUT2D eigenvalue weighted by Crippen LogP contribution is 2.43. The number of allylic oxidation sites excluding steroid dienone is 4. The maximum absolute atomic E-state index is 11.0. The molecule has 0 saturated heterocycles. The van der Waals surface area contributed by atoms with Crippen LogP contribution in [-0.4, -0.2) is 21.4 Å². The van der Waals surface area contributed by atoms with Crippen molar-refractivity contribution in [2.24, 2.45) is 11.8 Å². The van der Waals surface area contributed by atoms with Crippen LogP contribution in [-0.2, 0) is 10.8 Å². The Bertz CT molecular complexity index is 907. The Balaban J connectivity index is 1.89. The summed E-state index contributed by atoms with van der Waals surface area (Å²) in [5.74, 6) is 0.293. The number of hydrogen-bond donors (Lipinski definition) is 2. The van der Waals surface area contributed by atoms with E-state index in [1.807, 2.05) is 12.2 Å². The monoisotopic (exact) mass is 462 g/mol. The van der Waals surface area contributed by atoms with Gasteiger partial charge in [0, 0.05) is 22.7 Å². The van der Waals surface area contributed by atoms with E-state index in [1.54, 1.807) is 0 Å². The van der Waals surface area contributed by atoms with E-state index in [9.17, 15) is 10.2 Å². The molecule has 2 N–H and O–H groups in total.